The van der Waals surface area contributed by atoms with Gasteiger partial charge in [0.15, 0.2) is 0 Å². The number of rotatable bonds is 3. The number of nitrogens with one attached hydrogen (secondary N) is 1. The fourth-order valence-corrected chi connectivity index (χ4v) is 2.57. The fraction of sp³-hybridized carbons (Fsp3) is 0.133. The molecule has 2 aromatic carbocycles. The Bertz CT molecular complexity index is 729. The first-order valence-electron chi connectivity index (χ1n) is 6.21. The minimum atomic E-state index is -0.507. The number of carbonyl (C=O) groups is 1. The molecular weight excluding hydrogens is 336 g/mol. The van der Waals surface area contributed by atoms with Gasteiger partial charge in [-0.2, -0.15) is 0 Å². The summed E-state index contributed by atoms with van der Waals surface area (Å²) in [5.74, 6) is -0.395. The van der Waals surface area contributed by atoms with Crippen LogP contribution >= 0.6 is 15.9 Å². The van der Waals surface area contributed by atoms with E-state index in [1.807, 2.05) is 19.1 Å². The average molecular weight is 349 g/mol. The van der Waals surface area contributed by atoms with Gasteiger partial charge in [0.25, 0.3) is 11.6 Å². The lowest BCUT2D eigenvalue weighted by molar-refractivity contribution is -0.384. The summed E-state index contributed by atoms with van der Waals surface area (Å²) in [6.07, 6.45) is 0. The highest BCUT2D eigenvalue weighted by Crippen LogP contribution is 2.27. The number of carbonyl (C=O) groups excluding carboxylic acids is 1. The van der Waals surface area contributed by atoms with E-state index in [4.69, 9.17) is 0 Å². The lowest BCUT2D eigenvalue weighted by Crippen LogP contribution is -2.14. The third-order valence-electron chi connectivity index (χ3n) is 2.97. The molecule has 0 saturated carbocycles. The number of amides is 1. The van der Waals surface area contributed by atoms with Crippen LogP contribution in [-0.4, -0.2) is 10.8 Å². The molecule has 1 amide bonds. The Morgan fingerprint density at radius 1 is 1.14 bits per heavy atom. The number of aryl methyl sites for hydroxylation is 2. The van der Waals surface area contributed by atoms with Gasteiger partial charge in [0, 0.05) is 10.5 Å². The van der Waals surface area contributed by atoms with E-state index in [-0.39, 0.29) is 11.4 Å². The lowest BCUT2D eigenvalue weighted by Gasteiger charge is -2.08. The van der Waals surface area contributed by atoms with Crippen LogP contribution in [0.1, 0.15) is 21.5 Å². The maximum atomic E-state index is 12.2. The van der Waals surface area contributed by atoms with Gasteiger partial charge in [0.05, 0.1) is 10.5 Å². The molecule has 0 aliphatic carbocycles. The topological polar surface area (TPSA) is 72.2 Å². The Labute approximate surface area is 130 Å². The van der Waals surface area contributed by atoms with Gasteiger partial charge in [-0.1, -0.05) is 12.1 Å². The van der Waals surface area contributed by atoms with Gasteiger partial charge in [0.1, 0.15) is 5.69 Å². The van der Waals surface area contributed by atoms with Crippen molar-refractivity contribution in [2.45, 2.75) is 13.8 Å². The van der Waals surface area contributed by atoms with Gasteiger partial charge < -0.3 is 5.32 Å². The van der Waals surface area contributed by atoms with Crippen molar-refractivity contribution < 1.29 is 9.72 Å². The van der Waals surface area contributed by atoms with Crippen LogP contribution in [0.4, 0.5) is 11.4 Å². The van der Waals surface area contributed by atoms with Crippen molar-refractivity contribution in [2.24, 2.45) is 0 Å². The predicted molar refractivity (Wildman–Crippen MR) is 84.7 cm³/mol. The van der Waals surface area contributed by atoms with Gasteiger partial charge in [-0.05, 0) is 59.1 Å². The first-order chi connectivity index (χ1) is 9.88. The first-order valence-corrected chi connectivity index (χ1v) is 7.00. The van der Waals surface area contributed by atoms with Crippen molar-refractivity contribution in [1.82, 2.24) is 0 Å². The molecule has 0 radical (unpaired) electrons. The Balaban J connectivity index is 2.34. The molecule has 1 N–H and O–H groups in total. The molecule has 2 aromatic rings. The highest BCUT2D eigenvalue weighted by atomic mass is 79.9. The third-order valence-corrected chi connectivity index (χ3v) is 3.62. The monoisotopic (exact) mass is 348 g/mol. The maximum absolute atomic E-state index is 12.2. The lowest BCUT2D eigenvalue weighted by atomic mass is 10.1. The standard InChI is InChI=1S/C15H13BrN2O3/c1-9-3-5-11(12(16)7-9)15(19)17-13-6-4-10(2)8-14(13)18(20)21/h3-8H,1-2H3,(H,17,19). The van der Waals surface area contributed by atoms with Gasteiger partial charge in [-0.25, -0.2) is 0 Å². The maximum Gasteiger partial charge on any atom is 0.293 e. The SMILES string of the molecule is Cc1ccc(C(=O)Nc2ccc(C)cc2[N+](=O)[O-])c(Br)c1. The molecule has 0 aliphatic heterocycles. The van der Waals surface area contributed by atoms with Crippen molar-refractivity contribution >= 4 is 33.2 Å². The summed E-state index contributed by atoms with van der Waals surface area (Å²) in [6.45, 7) is 3.67. The number of hydrogen-bond acceptors (Lipinski definition) is 3. The van der Waals surface area contributed by atoms with Crippen LogP contribution in [-0.2, 0) is 0 Å². The van der Waals surface area contributed by atoms with Gasteiger partial charge in [0.2, 0.25) is 0 Å². The summed E-state index contributed by atoms with van der Waals surface area (Å²) < 4.78 is 0.648. The van der Waals surface area contributed by atoms with Crippen LogP contribution in [0.15, 0.2) is 40.9 Å². The van der Waals surface area contributed by atoms with Gasteiger partial charge in [-0.15, -0.1) is 0 Å². The highest BCUT2D eigenvalue weighted by molar-refractivity contribution is 9.10. The Morgan fingerprint density at radius 3 is 2.38 bits per heavy atom. The van der Waals surface area contributed by atoms with Gasteiger partial charge in [-0.3, -0.25) is 14.9 Å². The Morgan fingerprint density at radius 2 is 1.76 bits per heavy atom. The molecule has 0 aliphatic rings. The smallest absolute Gasteiger partial charge is 0.293 e. The van der Waals surface area contributed by atoms with E-state index in [9.17, 15) is 14.9 Å². The zero-order valence-corrected chi connectivity index (χ0v) is 13.1. The molecular formula is C15H13BrN2O3. The summed E-state index contributed by atoms with van der Waals surface area (Å²) in [7, 11) is 0. The number of nitro groups is 1. The molecule has 108 valence electrons. The van der Waals surface area contributed by atoms with E-state index in [1.165, 1.54) is 12.1 Å². The third kappa shape index (κ3) is 3.46. The van der Waals surface area contributed by atoms with E-state index in [1.54, 1.807) is 19.1 Å². The second-order valence-electron chi connectivity index (χ2n) is 4.72. The van der Waals surface area contributed by atoms with Crippen molar-refractivity contribution in [2.75, 3.05) is 5.32 Å². The Kier molecular flexibility index (Phi) is 4.37. The molecule has 0 atom stereocenters. The van der Waals surface area contributed by atoms with E-state index in [2.05, 4.69) is 21.2 Å². The zero-order chi connectivity index (χ0) is 15.6. The van der Waals surface area contributed by atoms with Gasteiger partial charge >= 0.3 is 0 Å². The molecule has 2 rings (SSSR count). The van der Waals surface area contributed by atoms with E-state index in [0.717, 1.165) is 11.1 Å². The number of nitrogens with zero attached hydrogens (tertiary/aromatic N) is 1. The molecule has 0 heterocycles. The van der Waals surface area contributed by atoms with Crippen LogP contribution in [0, 0.1) is 24.0 Å². The summed E-state index contributed by atoms with van der Waals surface area (Å²) in [4.78, 5) is 22.8. The average Bonchev–Trinajstić information content (AvgIpc) is 2.40. The van der Waals surface area contributed by atoms with E-state index in [0.29, 0.717) is 10.0 Å². The predicted octanol–water partition coefficient (Wildman–Crippen LogP) is 4.23. The normalized spacial score (nSPS) is 10.2. The minimum absolute atomic E-state index is 0.119. The number of halogens is 1. The van der Waals surface area contributed by atoms with Crippen molar-refractivity contribution in [3.63, 3.8) is 0 Å². The minimum Gasteiger partial charge on any atom is -0.316 e. The molecule has 0 unspecified atom stereocenters. The fourth-order valence-electron chi connectivity index (χ4n) is 1.89. The number of nitro benzene ring substituents is 1. The molecule has 0 fully saturated rings. The van der Waals surface area contributed by atoms with Crippen LogP contribution in [0.5, 0.6) is 0 Å². The van der Waals surface area contributed by atoms with Crippen molar-refractivity contribution in [3.8, 4) is 0 Å². The summed E-state index contributed by atoms with van der Waals surface area (Å²) in [6, 6.07) is 9.98. The molecule has 0 bridgehead atoms. The van der Waals surface area contributed by atoms with E-state index < -0.39 is 10.8 Å². The quantitative estimate of drug-likeness (QED) is 0.666. The number of benzene rings is 2. The summed E-state index contributed by atoms with van der Waals surface area (Å²) >= 11 is 3.33. The van der Waals surface area contributed by atoms with Crippen LogP contribution in [0.25, 0.3) is 0 Å². The van der Waals surface area contributed by atoms with E-state index >= 15 is 0 Å². The molecule has 0 saturated heterocycles. The number of hydrogen-bond donors (Lipinski definition) is 1. The molecule has 0 aromatic heterocycles. The molecule has 0 spiro atoms. The molecule has 21 heavy (non-hydrogen) atoms. The van der Waals surface area contributed by atoms with Crippen LogP contribution < -0.4 is 5.32 Å². The summed E-state index contributed by atoms with van der Waals surface area (Å²) in [5, 5.41) is 13.6. The highest BCUT2D eigenvalue weighted by Gasteiger charge is 2.18. The summed E-state index contributed by atoms with van der Waals surface area (Å²) in [5.41, 5.74) is 2.26. The number of anilines is 1. The van der Waals surface area contributed by atoms with Crippen LogP contribution in [0.2, 0.25) is 0 Å². The van der Waals surface area contributed by atoms with Crippen molar-refractivity contribution in [1.29, 1.82) is 0 Å². The largest absolute Gasteiger partial charge is 0.316 e. The zero-order valence-electron chi connectivity index (χ0n) is 11.5. The van der Waals surface area contributed by atoms with Crippen LogP contribution in [0.3, 0.4) is 0 Å². The Hall–Kier alpha value is -2.21. The second-order valence-corrected chi connectivity index (χ2v) is 5.57. The molecule has 5 nitrogen and oxygen atoms in total. The first kappa shape index (κ1) is 15.2. The second kappa shape index (κ2) is 6.05. The van der Waals surface area contributed by atoms with Crippen molar-refractivity contribution in [3.05, 3.63) is 67.7 Å². The molecule has 6 heteroatoms.